The van der Waals surface area contributed by atoms with Gasteiger partial charge in [-0.1, -0.05) is 0 Å². The summed E-state index contributed by atoms with van der Waals surface area (Å²) in [6.45, 7) is 3.41. The van der Waals surface area contributed by atoms with Crippen molar-refractivity contribution in [1.29, 1.82) is 0 Å². The van der Waals surface area contributed by atoms with Crippen molar-refractivity contribution in [3.63, 3.8) is 0 Å². The van der Waals surface area contributed by atoms with Gasteiger partial charge in [0, 0.05) is 31.3 Å². The van der Waals surface area contributed by atoms with Crippen LogP contribution in [0.1, 0.15) is 27.9 Å². The van der Waals surface area contributed by atoms with Gasteiger partial charge >= 0.3 is 0 Å². The lowest BCUT2D eigenvalue weighted by molar-refractivity contribution is -0.00393. The molecule has 1 aliphatic heterocycles. The Morgan fingerprint density at radius 2 is 2.20 bits per heavy atom. The Labute approximate surface area is 144 Å². The van der Waals surface area contributed by atoms with Gasteiger partial charge in [-0.15, -0.1) is 0 Å². The molecule has 0 saturated carbocycles. The first-order valence-electron chi connectivity index (χ1n) is 8.08. The van der Waals surface area contributed by atoms with E-state index in [9.17, 15) is 4.79 Å². The second-order valence-corrected chi connectivity index (χ2v) is 5.85. The van der Waals surface area contributed by atoms with Crippen LogP contribution >= 0.6 is 0 Å². The second-order valence-electron chi connectivity index (χ2n) is 5.85. The quantitative estimate of drug-likeness (QED) is 0.782. The van der Waals surface area contributed by atoms with Crippen molar-refractivity contribution >= 4 is 5.91 Å². The SMILES string of the molecule is Cc1nccn1-c1ccc(C(=O)N2CCOCC2c2ccn[nH]2)cn1. The molecule has 8 heteroatoms. The van der Waals surface area contributed by atoms with Crippen LogP contribution in [0.2, 0.25) is 0 Å². The highest BCUT2D eigenvalue weighted by Gasteiger charge is 2.30. The first kappa shape index (κ1) is 15.5. The van der Waals surface area contributed by atoms with E-state index >= 15 is 0 Å². The maximum Gasteiger partial charge on any atom is 0.256 e. The smallest absolute Gasteiger partial charge is 0.256 e. The maximum absolute atomic E-state index is 12.9. The molecule has 1 fully saturated rings. The van der Waals surface area contributed by atoms with Crippen LogP contribution < -0.4 is 0 Å². The Kier molecular flexibility index (Phi) is 4.02. The van der Waals surface area contributed by atoms with Crippen LogP contribution in [0.5, 0.6) is 0 Å². The summed E-state index contributed by atoms with van der Waals surface area (Å²) in [4.78, 5) is 23.3. The highest BCUT2D eigenvalue weighted by atomic mass is 16.5. The van der Waals surface area contributed by atoms with E-state index in [1.807, 2.05) is 29.8 Å². The van der Waals surface area contributed by atoms with Gasteiger partial charge in [-0.2, -0.15) is 5.10 Å². The van der Waals surface area contributed by atoms with Crippen molar-refractivity contribution in [2.75, 3.05) is 19.8 Å². The minimum absolute atomic E-state index is 0.0655. The van der Waals surface area contributed by atoms with Crippen molar-refractivity contribution < 1.29 is 9.53 Å². The molecule has 25 heavy (non-hydrogen) atoms. The summed E-state index contributed by atoms with van der Waals surface area (Å²) in [6, 6.07) is 5.32. The number of pyridine rings is 1. The van der Waals surface area contributed by atoms with E-state index in [0.29, 0.717) is 25.3 Å². The Bertz CT molecular complexity index is 856. The number of H-pyrrole nitrogens is 1. The van der Waals surface area contributed by atoms with E-state index in [1.54, 1.807) is 29.6 Å². The number of carbonyl (C=O) groups is 1. The molecule has 1 saturated heterocycles. The summed E-state index contributed by atoms with van der Waals surface area (Å²) < 4.78 is 7.41. The summed E-state index contributed by atoms with van der Waals surface area (Å²) in [5, 5.41) is 6.90. The van der Waals surface area contributed by atoms with Crippen LogP contribution in [-0.2, 0) is 4.74 Å². The minimum atomic E-state index is -0.167. The fraction of sp³-hybridized carbons (Fsp3) is 0.294. The Morgan fingerprint density at radius 1 is 1.28 bits per heavy atom. The Balaban J connectivity index is 1.58. The first-order chi connectivity index (χ1) is 12.2. The van der Waals surface area contributed by atoms with Crippen molar-refractivity contribution in [3.8, 4) is 5.82 Å². The van der Waals surface area contributed by atoms with Crippen molar-refractivity contribution in [1.82, 2.24) is 29.6 Å². The summed E-state index contributed by atoms with van der Waals surface area (Å²) >= 11 is 0. The van der Waals surface area contributed by atoms with Crippen molar-refractivity contribution in [2.45, 2.75) is 13.0 Å². The zero-order valence-electron chi connectivity index (χ0n) is 13.8. The standard InChI is InChI=1S/C17H18N6O2/c1-12-18-6-7-22(12)16-3-2-13(10-19-16)17(24)23-8-9-25-11-15(23)14-4-5-20-21-14/h2-7,10,15H,8-9,11H2,1H3,(H,20,21). The van der Waals surface area contributed by atoms with E-state index < -0.39 is 0 Å². The largest absolute Gasteiger partial charge is 0.377 e. The Hall–Kier alpha value is -3.00. The molecule has 0 bridgehead atoms. The van der Waals surface area contributed by atoms with Crippen molar-refractivity contribution in [2.24, 2.45) is 0 Å². The van der Waals surface area contributed by atoms with Gasteiger partial charge in [0.05, 0.1) is 30.5 Å². The Morgan fingerprint density at radius 3 is 2.88 bits per heavy atom. The monoisotopic (exact) mass is 338 g/mol. The molecule has 0 aliphatic carbocycles. The summed E-state index contributed by atoms with van der Waals surface area (Å²) in [5.74, 6) is 1.52. The molecular weight excluding hydrogens is 320 g/mol. The molecule has 4 heterocycles. The topological polar surface area (TPSA) is 88.9 Å². The third-order valence-electron chi connectivity index (χ3n) is 4.34. The van der Waals surface area contributed by atoms with Crippen molar-refractivity contribution in [3.05, 3.63) is 60.1 Å². The number of ether oxygens (including phenoxy) is 1. The molecule has 0 aromatic carbocycles. The van der Waals surface area contributed by atoms with Crippen LogP contribution in [0, 0.1) is 6.92 Å². The fourth-order valence-electron chi connectivity index (χ4n) is 3.00. The van der Waals surface area contributed by atoms with E-state index in [1.165, 1.54) is 0 Å². The molecule has 1 atom stereocenters. The van der Waals surface area contributed by atoms with Crippen LogP contribution in [0.15, 0.2) is 43.0 Å². The van der Waals surface area contributed by atoms with Gasteiger partial charge < -0.3 is 9.64 Å². The average Bonchev–Trinajstić information content (AvgIpc) is 3.33. The van der Waals surface area contributed by atoms with E-state index in [4.69, 9.17) is 4.74 Å². The number of carbonyl (C=O) groups excluding carboxylic acids is 1. The third-order valence-corrected chi connectivity index (χ3v) is 4.34. The van der Waals surface area contributed by atoms with Crippen LogP contribution in [0.3, 0.4) is 0 Å². The van der Waals surface area contributed by atoms with Gasteiger partial charge in [-0.05, 0) is 25.1 Å². The number of hydrogen-bond acceptors (Lipinski definition) is 5. The second kappa shape index (κ2) is 6.48. The lowest BCUT2D eigenvalue weighted by atomic mass is 10.1. The lowest BCUT2D eigenvalue weighted by Crippen LogP contribution is -2.43. The molecule has 1 aliphatic rings. The molecule has 1 unspecified atom stereocenters. The number of nitrogens with one attached hydrogen (secondary N) is 1. The maximum atomic E-state index is 12.9. The normalized spacial score (nSPS) is 17.6. The number of morpholine rings is 1. The molecule has 1 N–H and O–H groups in total. The number of hydrogen-bond donors (Lipinski definition) is 1. The van der Waals surface area contributed by atoms with Gasteiger partial charge in [-0.3, -0.25) is 14.5 Å². The summed E-state index contributed by atoms with van der Waals surface area (Å²) in [6.07, 6.45) is 6.85. The fourth-order valence-corrected chi connectivity index (χ4v) is 3.00. The van der Waals surface area contributed by atoms with E-state index in [2.05, 4.69) is 20.2 Å². The molecule has 4 rings (SSSR count). The zero-order valence-corrected chi connectivity index (χ0v) is 13.8. The zero-order chi connectivity index (χ0) is 17.2. The predicted octanol–water partition coefficient (Wildman–Crippen LogP) is 1.51. The first-order valence-corrected chi connectivity index (χ1v) is 8.08. The van der Waals surface area contributed by atoms with Crippen LogP contribution in [-0.4, -0.2) is 55.3 Å². The number of nitrogens with zero attached hydrogens (tertiary/aromatic N) is 5. The van der Waals surface area contributed by atoms with E-state index in [0.717, 1.165) is 17.3 Å². The third kappa shape index (κ3) is 2.91. The van der Waals surface area contributed by atoms with Crippen LogP contribution in [0.25, 0.3) is 5.82 Å². The molecule has 128 valence electrons. The average molecular weight is 338 g/mol. The van der Waals surface area contributed by atoms with Gasteiger partial charge in [0.2, 0.25) is 0 Å². The van der Waals surface area contributed by atoms with Gasteiger partial charge in [0.15, 0.2) is 0 Å². The number of amides is 1. The lowest BCUT2D eigenvalue weighted by Gasteiger charge is -2.34. The highest BCUT2D eigenvalue weighted by Crippen LogP contribution is 2.24. The summed E-state index contributed by atoms with van der Waals surface area (Å²) in [7, 11) is 0. The molecule has 3 aromatic rings. The van der Waals surface area contributed by atoms with Crippen LogP contribution in [0.4, 0.5) is 0 Å². The van der Waals surface area contributed by atoms with Gasteiger partial charge in [0.25, 0.3) is 5.91 Å². The van der Waals surface area contributed by atoms with E-state index in [-0.39, 0.29) is 11.9 Å². The number of aromatic amines is 1. The minimum Gasteiger partial charge on any atom is -0.377 e. The highest BCUT2D eigenvalue weighted by molar-refractivity contribution is 5.94. The molecule has 3 aromatic heterocycles. The number of imidazole rings is 1. The molecule has 8 nitrogen and oxygen atoms in total. The molecule has 0 radical (unpaired) electrons. The molecular formula is C17H18N6O2. The van der Waals surface area contributed by atoms with Gasteiger partial charge in [0.1, 0.15) is 11.6 Å². The molecule has 0 spiro atoms. The number of aromatic nitrogens is 5. The van der Waals surface area contributed by atoms with Gasteiger partial charge in [-0.25, -0.2) is 9.97 Å². The number of aryl methyl sites for hydroxylation is 1. The molecule has 1 amide bonds. The summed E-state index contributed by atoms with van der Waals surface area (Å²) in [5.41, 5.74) is 1.42. The predicted molar refractivity (Wildman–Crippen MR) is 89.3 cm³/mol. The number of rotatable bonds is 3.